The van der Waals surface area contributed by atoms with Crippen molar-refractivity contribution in [3.63, 3.8) is 0 Å². The molecule has 5 aromatic rings. The third-order valence-electron chi connectivity index (χ3n) is 13.0. The summed E-state index contributed by atoms with van der Waals surface area (Å²) in [6.07, 6.45) is 2.35. The molecule has 3 aliphatic heterocycles. The van der Waals surface area contributed by atoms with Crippen LogP contribution in [0.15, 0.2) is 64.7 Å². The molecule has 2 amide bonds. The Bertz CT molecular complexity index is 2830. The lowest BCUT2D eigenvalue weighted by Crippen LogP contribution is -2.47. The van der Waals surface area contributed by atoms with Crippen molar-refractivity contribution in [2.24, 2.45) is 7.05 Å². The van der Waals surface area contributed by atoms with Gasteiger partial charge in [-0.15, -0.1) is 0 Å². The van der Waals surface area contributed by atoms with Gasteiger partial charge in [0.2, 0.25) is 27.8 Å². The van der Waals surface area contributed by atoms with Crippen LogP contribution in [0.3, 0.4) is 0 Å². The largest absolute Gasteiger partial charge is 0.421 e. The topological polar surface area (TPSA) is 205 Å². The fourth-order valence-corrected chi connectivity index (χ4v) is 10.8. The molecule has 3 aromatic heterocycles. The first-order valence-corrected chi connectivity index (χ1v) is 23.2. The van der Waals surface area contributed by atoms with Gasteiger partial charge < -0.3 is 20.2 Å². The predicted octanol–water partition coefficient (Wildman–Crippen LogP) is 3.73. The number of hydrogen-bond donors (Lipinski definition) is 4. The van der Waals surface area contributed by atoms with Crippen LogP contribution in [0, 0.1) is 6.92 Å². The number of benzene rings is 2. The van der Waals surface area contributed by atoms with Crippen LogP contribution in [0.25, 0.3) is 11.0 Å². The van der Waals surface area contributed by atoms with E-state index < -0.39 is 39.3 Å². The minimum atomic E-state index is -4.71. The zero-order valence-corrected chi connectivity index (χ0v) is 37.0. The van der Waals surface area contributed by atoms with Crippen LogP contribution in [0.4, 0.5) is 36.3 Å². The zero-order valence-electron chi connectivity index (χ0n) is 36.2. The fraction of sp³-hybridized carbons (Fsp3) is 0.488. The Morgan fingerprint density at radius 1 is 1.02 bits per heavy atom. The van der Waals surface area contributed by atoms with Crippen LogP contribution >= 0.6 is 0 Å². The molecule has 22 heteroatoms. The minimum Gasteiger partial charge on any atom is -0.388 e. The number of rotatable bonds is 11. The highest BCUT2D eigenvalue weighted by Crippen LogP contribution is 2.39. The fourth-order valence-electron chi connectivity index (χ4n) is 9.49. The molecule has 4 aliphatic rings. The number of aliphatic hydroxyl groups is 1. The van der Waals surface area contributed by atoms with E-state index >= 15 is 0 Å². The van der Waals surface area contributed by atoms with E-state index in [1.165, 1.54) is 27.7 Å². The van der Waals surface area contributed by atoms with Gasteiger partial charge in [-0.3, -0.25) is 33.6 Å². The van der Waals surface area contributed by atoms with Crippen LogP contribution in [-0.4, -0.2) is 110 Å². The van der Waals surface area contributed by atoms with Gasteiger partial charge in [0.05, 0.1) is 39.5 Å². The number of carbonyl (C=O) groups is 2. The van der Waals surface area contributed by atoms with Gasteiger partial charge in [-0.25, -0.2) is 22.9 Å². The van der Waals surface area contributed by atoms with Gasteiger partial charge in [0, 0.05) is 89.0 Å². The lowest BCUT2D eigenvalue weighted by atomic mass is 9.88. The van der Waals surface area contributed by atoms with Crippen molar-refractivity contribution in [2.75, 3.05) is 54.4 Å². The van der Waals surface area contributed by atoms with Crippen molar-refractivity contribution in [3.05, 3.63) is 82.2 Å². The molecule has 1 saturated carbocycles. The second-order valence-electron chi connectivity index (χ2n) is 17.9. The Kier molecular flexibility index (Phi) is 11.5. The van der Waals surface area contributed by atoms with Crippen LogP contribution in [0.2, 0.25) is 0 Å². The molecule has 4 N–H and O–H groups in total. The number of aryl methyl sites for hydroxylation is 2. The first-order chi connectivity index (χ1) is 30.8. The Morgan fingerprint density at radius 2 is 1.78 bits per heavy atom. The van der Waals surface area contributed by atoms with Crippen molar-refractivity contribution < 1.29 is 36.3 Å². The molecule has 1 aliphatic carbocycles. The second kappa shape index (κ2) is 16.9. The number of nitrogens with zero attached hydrogens (tertiary/aromatic N) is 9. The van der Waals surface area contributed by atoms with Crippen molar-refractivity contribution in [1.82, 2.24) is 43.8 Å². The Balaban J connectivity index is 0.779. The number of piperazine rings is 1. The number of imide groups is 1. The number of amides is 2. The maximum atomic E-state index is 14.0. The number of piperidine rings is 2. The molecule has 18 nitrogen and oxygen atoms in total. The van der Waals surface area contributed by atoms with E-state index in [0.29, 0.717) is 68.6 Å². The summed E-state index contributed by atoms with van der Waals surface area (Å²) in [5.41, 5.74) is 1.80. The van der Waals surface area contributed by atoms with Gasteiger partial charge in [-0.05, 0) is 81.8 Å². The average Bonchev–Trinajstić information content (AvgIpc) is 3.80. The van der Waals surface area contributed by atoms with Crippen LogP contribution in [0.5, 0.6) is 0 Å². The first kappa shape index (κ1) is 44.4. The molecule has 4 fully saturated rings. The number of anilines is 4. The number of alkyl halides is 3. The molecule has 3 saturated heterocycles. The molecular formula is C43H51F3N12O6S. The maximum absolute atomic E-state index is 14.0. The lowest BCUT2D eigenvalue weighted by molar-refractivity contribution is -0.138. The maximum Gasteiger partial charge on any atom is 0.421 e. The summed E-state index contributed by atoms with van der Waals surface area (Å²) in [5, 5.41) is 20.5. The highest BCUT2D eigenvalue weighted by atomic mass is 32.2. The van der Waals surface area contributed by atoms with Gasteiger partial charge in [-0.2, -0.15) is 23.3 Å². The highest BCUT2D eigenvalue weighted by Gasteiger charge is 2.40. The molecule has 2 atom stereocenters. The van der Waals surface area contributed by atoms with E-state index in [9.17, 15) is 41.1 Å². The summed E-state index contributed by atoms with van der Waals surface area (Å²) in [6, 6.07) is 9.11. The number of aromatic nitrogens is 6. The number of para-hydroxylation sites is 1. The molecular weight excluding hydrogens is 870 g/mol. The SMILES string of the molecule is Cc1cc(S(=O)(=O)NC2CC(n3cc(CN4CCN(c5cccc6c5n(C)c(=O)n6C5CCC(=O)NC5=O)CC4)cn3)C2)ccc1Nc1ncc(C(F)(F)F)c(N2CCC[C@](C)(O)C2)n1. The van der Waals surface area contributed by atoms with Crippen molar-refractivity contribution in [1.29, 1.82) is 0 Å². The highest BCUT2D eigenvalue weighted by molar-refractivity contribution is 7.89. The van der Waals surface area contributed by atoms with E-state index in [0.717, 1.165) is 36.1 Å². The van der Waals surface area contributed by atoms with Crippen LogP contribution < -0.4 is 30.8 Å². The Hall–Kier alpha value is -5.84. The number of nitrogens with one attached hydrogen (secondary N) is 3. The lowest BCUT2D eigenvalue weighted by Gasteiger charge is -2.38. The molecule has 0 bridgehead atoms. The summed E-state index contributed by atoms with van der Waals surface area (Å²) < 4.78 is 76.6. The van der Waals surface area contributed by atoms with Crippen molar-refractivity contribution in [2.45, 2.75) is 93.7 Å². The quantitative estimate of drug-likeness (QED) is 0.140. The molecule has 65 heavy (non-hydrogen) atoms. The standard InChI is InChI=1S/C43H51F3N12O6S/c1-26-18-30(8-9-32(26)49-40-47-22-31(43(44,45)46)38(51-40)56-13-5-12-42(2,62)25-56)65(63,64)52-28-19-29(20-28)57-24-27(21-48-57)23-54-14-16-55(17-15-54)33-6-4-7-34-37(33)53(3)41(61)58(34)35-10-11-36(59)50-39(35)60/h4,6-9,18,21-22,24,28-29,35,52,62H,5,10-17,19-20,23,25H2,1-3H3,(H,47,49,51)(H,50,59,60)/t28?,29?,35?,42-/m0/s1. The zero-order chi connectivity index (χ0) is 46.0. The molecule has 6 heterocycles. The molecule has 0 spiro atoms. The van der Waals surface area contributed by atoms with Gasteiger partial charge in [0.15, 0.2) is 0 Å². The number of halogens is 3. The third kappa shape index (κ3) is 8.95. The number of fused-ring (bicyclic) bond motifs is 1. The second-order valence-corrected chi connectivity index (χ2v) is 19.6. The summed E-state index contributed by atoms with van der Waals surface area (Å²) >= 11 is 0. The van der Waals surface area contributed by atoms with E-state index in [4.69, 9.17) is 0 Å². The summed E-state index contributed by atoms with van der Waals surface area (Å²) in [5.74, 6) is -1.23. The van der Waals surface area contributed by atoms with Gasteiger partial charge in [0.1, 0.15) is 17.4 Å². The van der Waals surface area contributed by atoms with E-state index in [1.807, 2.05) is 35.3 Å². The van der Waals surface area contributed by atoms with Gasteiger partial charge in [-0.1, -0.05) is 6.07 Å². The number of imidazole rings is 1. The summed E-state index contributed by atoms with van der Waals surface area (Å²) in [4.78, 5) is 52.1. The molecule has 346 valence electrons. The molecule has 2 aromatic carbocycles. The molecule has 0 radical (unpaired) electrons. The van der Waals surface area contributed by atoms with Gasteiger partial charge in [0.25, 0.3) is 0 Å². The van der Waals surface area contributed by atoms with Crippen LogP contribution in [-0.2, 0) is 39.4 Å². The predicted molar refractivity (Wildman–Crippen MR) is 234 cm³/mol. The van der Waals surface area contributed by atoms with E-state index in [1.54, 1.807) is 25.5 Å². The minimum absolute atomic E-state index is 0.0176. The molecule has 1 unspecified atom stereocenters. The summed E-state index contributed by atoms with van der Waals surface area (Å²) in [6.45, 7) is 7.18. The van der Waals surface area contributed by atoms with Gasteiger partial charge >= 0.3 is 11.9 Å². The van der Waals surface area contributed by atoms with Crippen LogP contribution in [0.1, 0.15) is 74.2 Å². The first-order valence-electron chi connectivity index (χ1n) is 21.7. The Labute approximate surface area is 372 Å². The number of hydrogen-bond acceptors (Lipinski definition) is 13. The van der Waals surface area contributed by atoms with Crippen molar-refractivity contribution >= 4 is 56.0 Å². The monoisotopic (exact) mass is 920 g/mol. The smallest absolute Gasteiger partial charge is 0.388 e. The molecule has 9 rings (SSSR count). The number of carbonyl (C=O) groups excluding carboxylic acids is 2. The Morgan fingerprint density at radius 3 is 2.49 bits per heavy atom. The van der Waals surface area contributed by atoms with Crippen molar-refractivity contribution in [3.8, 4) is 0 Å². The third-order valence-corrected chi connectivity index (χ3v) is 14.5. The summed E-state index contributed by atoms with van der Waals surface area (Å²) in [7, 11) is -2.20. The average molecular weight is 921 g/mol. The number of β-amino-alcohol motifs (C(OH)–C–C–N with tert-alkyl or cyclic N) is 1. The van der Waals surface area contributed by atoms with E-state index in [2.05, 4.69) is 40.2 Å². The normalized spacial score (nSPS) is 23.5. The van der Waals surface area contributed by atoms with E-state index in [-0.39, 0.29) is 59.7 Å². The number of sulfonamides is 1.